The monoisotopic (exact) mass is 404 g/mol. The number of carbonyl (C=O) groups excluding carboxylic acids is 2. The van der Waals surface area contributed by atoms with Crippen LogP contribution in [-0.2, 0) is 11.2 Å². The number of furan rings is 1. The fourth-order valence-corrected chi connectivity index (χ4v) is 3.95. The Morgan fingerprint density at radius 2 is 2.11 bits per heavy atom. The zero-order valence-electron chi connectivity index (χ0n) is 15.8. The number of ketones is 1. The molecule has 1 aliphatic rings. The van der Waals surface area contributed by atoms with Crippen LogP contribution in [0.5, 0.6) is 0 Å². The number of halogens is 1. The molecule has 148 valence electrons. The van der Waals surface area contributed by atoms with E-state index < -0.39 is 40.0 Å². The molecule has 28 heavy (non-hydrogen) atoms. The highest BCUT2D eigenvalue weighted by molar-refractivity contribution is 6.31. The van der Waals surface area contributed by atoms with E-state index >= 15 is 0 Å². The van der Waals surface area contributed by atoms with Crippen molar-refractivity contribution in [1.82, 2.24) is 5.32 Å². The normalized spacial score (nSPS) is 19.9. The number of nitrogens with zero attached hydrogens (tertiary/aromatic N) is 1. The highest BCUT2D eigenvalue weighted by atomic mass is 35.5. The Morgan fingerprint density at radius 3 is 2.68 bits per heavy atom. The molecule has 1 aromatic carbocycles. The molecule has 0 saturated carbocycles. The molecule has 1 aromatic heterocycles. The average Bonchev–Trinajstić information content (AvgIpc) is 3.18. The summed E-state index contributed by atoms with van der Waals surface area (Å²) < 4.78 is 5.42. The maximum Gasteiger partial charge on any atom is 0.235 e. The molecular formula is C20H21ClN2O5. The summed E-state index contributed by atoms with van der Waals surface area (Å²) in [6, 6.07) is 7.92. The minimum Gasteiger partial charge on any atom is -0.469 e. The summed E-state index contributed by atoms with van der Waals surface area (Å²) in [5.41, 5.74) is -1.36. The van der Waals surface area contributed by atoms with Crippen LogP contribution in [0.15, 0.2) is 41.0 Å². The summed E-state index contributed by atoms with van der Waals surface area (Å²) in [6.45, 7) is 4.75. The van der Waals surface area contributed by atoms with E-state index in [9.17, 15) is 19.7 Å². The Balaban J connectivity index is 2.19. The first-order chi connectivity index (χ1) is 13.0. The van der Waals surface area contributed by atoms with Gasteiger partial charge in [0.2, 0.25) is 12.5 Å². The molecule has 0 saturated heterocycles. The Hall–Kier alpha value is -2.67. The van der Waals surface area contributed by atoms with Gasteiger partial charge in [-0.05, 0) is 63.1 Å². The number of nitrogens with one attached hydrogen (secondary N) is 1. The molecular weight excluding hydrogens is 384 g/mol. The van der Waals surface area contributed by atoms with E-state index in [1.54, 1.807) is 51.1 Å². The van der Waals surface area contributed by atoms with Gasteiger partial charge >= 0.3 is 0 Å². The summed E-state index contributed by atoms with van der Waals surface area (Å²) in [5, 5.41) is 14.7. The lowest BCUT2D eigenvalue weighted by atomic mass is 9.69. The van der Waals surface area contributed by atoms with Crippen molar-refractivity contribution in [3.63, 3.8) is 0 Å². The van der Waals surface area contributed by atoms with Crippen LogP contribution in [0.1, 0.15) is 48.4 Å². The molecule has 1 heterocycles. The van der Waals surface area contributed by atoms with Gasteiger partial charge in [-0.3, -0.25) is 19.7 Å². The first-order valence-electron chi connectivity index (χ1n) is 8.85. The summed E-state index contributed by atoms with van der Waals surface area (Å²) >= 11 is 6.08. The van der Waals surface area contributed by atoms with Gasteiger partial charge in [0.25, 0.3) is 0 Å². The first kappa shape index (κ1) is 20.1. The minimum atomic E-state index is -1.69. The second kappa shape index (κ2) is 7.05. The number of fused-ring (bicyclic) bond motifs is 1. The Kier molecular flexibility index (Phi) is 5.06. The molecule has 2 unspecified atom stereocenters. The van der Waals surface area contributed by atoms with E-state index in [2.05, 4.69) is 5.32 Å². The average molecular weight is 405 g/mol. The second-order valence-corrected chi connectivity index (χ2v) is 8.50. The third kappa shape index (κ3) is 3.54. The summed E-state index contributed by atoms with van der Waals surface area (Å²) in [4.78, 5) is 37.9. The van der Waals surface area contributed by atoms with Crippen LogP contribution in [0.2, 0.25) is 5.02 Å². The zero-order valence-corrected chi connectivity index (χ0v) is 16.6. The van der Waals surface area contributed by atoms with Crippen LogP contribution >= 0.6 is 11.6 Å². The fraction of sp³-hybridized carbons (Fsp3) is 0.400. The van der Waals surface area contributed by atoms with Crippen molar-refractivity contribution in [2.75, 3.05) is 6.54 Å². The van der Waals surface area contributed by atoms with Gasteiger partial charge in [0.05, 0.1) is 6.26 Å². The third-order valence-electron chi connectivity index (χ3n) is 4.89. The summed E-state index contributed by atoms with van der Waals surface area (Å²) in [7, 11) is 0. The molecule has 8 heteroatoms. The van der Waals surface area contributed by atoms with Crippen molar-refractivity contribution in [2.24, 2.45) is 5.41 Å². The van der Waals surface area contributed by atoms with Gasteiger partial charge in [0.15, 0.2) is 5.78 Å². The van der Waals surface area contributed by atoms with Crippen LogP contribution in [-0.4, -0.2) is 28.7 Å². The molecule has 0 spiro atoms. The number of nitro groups is 1. The highest BCUT2D eigenvalue weighted by Crippen LogP contribution is 2.48. The smallest absolute Gasteiger partial charge is 0.235 e. The molecule has 2 atom stereocenters. The van der Waals surface area contributed by atoms with Crippen molar-refractivity contribution in [3.8, 4) is 0 Å². The number of hydrogen-bond donors (Lipinski definition) is 1. The van der Waals surface area contributed by atoms with Gasteiger partial charge in [-0.2, -0.15) is 0 Å². The molecule has 2 aromatic rings. The van der Waals surface area contributed by atoms with Crippen LogP contribution in [0.4, 0.5) is 0 Å². The molecule has 1 aliphatic carbocycles. The number of rotatable bonds is 5. The van der Waals surface area contributed by atoms with Crippen molar-refractivity contribution < 1.29 is 18.9 Å². The van der Waals surface area contributed by atoms with Crippen molar-refractivity contribution in [2.45, 2.75) is 38.6 Å². The van der Waals surface area contributed by atoms with Crippen molar-refractivity contribution >= 4 is 23.3 Å². The molecule has 0 fully saturated rings. The largest absolute Gasteiger partial charge is 0.469 e. The van der Waals surface area contributed by atoms with E-state index in [-0.39, 0.29) is 12.2 Å². The summed E-state index contributed by atoms with van der Waals surface area (Å²) in [6.07, 6.45) is 1.39. The quantitative estimate of drug-likeness (QED) is 0.465. The molecule has 0 aliphatic heterocycles. The number of carbonyl (C=O) groups is 2. The number of Topliss-reactive ketones (excluding diaryl/α,β-unsaturated/α-hetero) is 1. The van der Waals surface area contributed by atoms with E-state index in [4.69, 9.17) is 16.0 Å². The standard InChI is InChI=1S/C20H21ClN2O5/c1-19(2,3)22-18(25)20(15(11-23(26)27)16-5-4-8-28-16)10-12-9-13(21)6-7-14(12)17(20)24/h4-9,15H,10-11H2,1-3H3,(H,22,25). The van der Waals surface area contributed by atoms with Gasteiger partial charge in [0.1, 0.15) is 17.1 Å². The van der Waals surface area contributed by atoms with Crippen LogP contribution in [0.3, 0.4) is 0 Å². The van der Waals surface area contributed by atoms with Gasteiger partial charge in [-0.1, -0.05) is 11.6 Å². The molecule has 0 radical (unpaired) electrons. The SMILES string of the molecule is CC(C)(C)NC(=O)C1(C(C[N+](=O)[O-])c2ccco2)Cc2cc(Cl)ccc2C1=O. The lowest BCUT2D eigenvalue weighted by molar-refractivity contribution is -0.485. The van der Waals surface area contributed by atoms with E-state index in [1.807, 2.05) is 0 Å². The molecule has 7 nitrogen and oxygen atoms in total. The van der Waals surface area contributed by atoms with Gasteiger partial charge in [-0.25, -0.2) is 0 Å². The predicted octanol–water partition coefficient (Wildman–Crippen LogP) is 3.63. The van der Waals surface area contributed by atoms with Gasteiger partial charge in [0, 0.05) is 21.0 Å². The van der Waals surface area contributed by atoms with Crippen molar-refractivity contribution in [1.29, 1.82) is 0 Å². The second-order valence-electron chi connectivity index (χ2n) is 8.07. The van der Waals surface area contributed by atoms with Crippen LogP contribution < -0.4 is 5.32 Å². The molecule has 1 amide bonds. The van der Waals surface area contributed by atoms with E-state index in [0.717, 1.165) is 0 Å². The number of amides is 1. The molecule has 3 rings (SSSR count). The van der Waals surface area contributed by atoms with E-state index in [0.29, 0.717) is 16.1 Å². The Bertz CT molecular complexity index is 933. The maximum absolute atomic E-state index is 13.5. The fourth-order valence-electron chi connectivity index (χ4n) is 3.75. The first-order valence-corrected chi connectivity index (χ1v) is 9.23. The zero-order chi connectivity index (χ0) is 20.7. The Morgan fingerprint density at radius 1 is 1.39 bits per heavy atom. The lowest BCUT2D eigenvalue weighted by Gasteiger charge is -2.34. The minimum absolute atomic E-state index is 0.0167. The Labute approximate surface area is 167 Å². The molecule has 0 bridgehead atoms. The van der Waals surface area contributed by atoms with Gasteiger partial charge in [-0.15, -0.1) is 0 Å². The maximum atomic E-state index is 13.5. The summed E-state index contributed by atoms with van der Waals surface area (Å²) in [5.74, 6) is -1.84. The lowest BCUT2D eigenvalue weighted by Crippen LogP contribution is -2.55. The van der Waals surface area contributed by atoms with E-state index in [1.165, 1.54) is 6.26 Å². The number of hydrogen-bond acceptors (Lipinski definition) is 5. The van der Waals surface area contributed by atoms with Gasteiger partial charge < -0.3 is 9.73 Å². The number of benzene rings is 1. The predicted molar refractivity (Wildman–Crippen MR) is 103 cm³/mol. The van der Waals surface area contributed by atoms with Crippen LogP contribution in [0.25, 0.3) is 0 Å². The van der Waals surface area contributed by atoms with Crippen LogP contribution in [0, 0.1) is 15.5 Å². The topological polar surface area (TPSA) is 102 Å². The highest BCUT2D eigenvalue weighted by Gasteiger charge is 2.59. The molecule has 1 N–H and O–H groups in total. The van der Waals surface area contributed by atoms with Crippen molar-refractivity contribution in [3.05, 3.63) is 68.6 Å². The third-order valence-corrected chi connectivity index (χ3v) is 5.13.